The van der Waals surface area contributed by atoms with Gasteiger partial charge in [-0.05, 0) is 81.5 Å². The summed E-state index contributed by atoms with van der Waals surface area (Å²) >= 11 is 1.86. The Balaban J connectivity index is 1.86. The van der Waals surface area contributed by atoms with Crippen molar-refractivity contribution in [1.29, 1.82) is 0 Å². The maximum absolute atomic E-state index is 13.3. The van der Waals surface area contributed by atoms with Crippen LogP contribution in [0.15, 0.2) is 48.5 Å². The number of phenols is 1. The van der Waals surface area contributed by atoms with Gasteiger partial charge in [-0.3, -0.25) is 4.79 Å². The first-order valence-electron chi connectivity index (χ1n) is 13.8. The van der Waals surface area contributed by atoms with Crippen LogP contribution >= 0.6 is 11.8 Å². The molecule has 0 saturated heterocycles. The third-order valence-corrected chi connectivity index (χ3v) is 8.56. The Morgan fingerprint density at radius 1 is 1.08 bits per heavy atom. The summed E-state index contributed by atoms with van der Waals surface area (Å²) < 4.78 is 11.0. The number of hydrogen-bond donors (Lipinski definition) is 2. The first-order chi connectivity index (χ1) is 18.6. The number of nitrogens with zero attached hydrogens (tertiary/aromatic N) is 1. The molecule has 0 radical (unpaired) electrons. The maximum Gasteiger partial charge on any atom is 0.407 e. The smallest absolute Gasteiger partial charge is 0.407 e. The predicted octanol–water partition coefficient (Wildman–Crippen LogP) is 6.29. The van der Waals surface area contributed by atoms with Crippen molar-refractivity contribution in [3.05, 3.63) is 59.7 Å². The van der Waals surface area contributed by atoms with Gasteiger partial charge in [0.1, 0.15) is 17.1 Å². The summed E-state index contributed by atoms with van der Waals surface area (Å²) in [5.74, 6) is 2.09. The van der Waals surface area contributed by atoms with Gasteiger partial charge in [0.2, 0.25) is 0 Å². The molecule has 2 aromatic carbocycles. The topological polar surface area (TPSA) is 88.1 Å². The van der Waals surface area contributed by atoms with Crippen LogP contribution in [-0.2, 0) is 11.2 Å². The molecule has 7 nitrogen and oxygen atoms in total. The molecule has 1 saturated carbocycles. The number of phenolic OH excluding ortho intramolecular Hbond substituents is 1. The van der Waals surface area contributed by atoms with Crippen LogP contribution in [0.5, 0.6) is 11.5 Å². The lowest BCUT2D eigenvalue weighted by atomic mass is 9.91. The number of carbonyl (C=O) groups is 2. The average Bonchev–Trinajstić information content (AvgIpc) is 2.90. The number of ether oxygens (including phenoxy) is 2. The van der Waals surface area contributed by atoms with E-state index in [2.05, 4.69) is 17.4 Å². The minimum absolute atomic E-state index is 0.00698. The van der Waals surface area contributed by atoms with Gasteiger partial charge in [0, 0.05) is 18.8 Å². The summed E-state index contributed by atoms with van der Waals surface area (Å²) in [5.41, 5.74) is 0.715. The van der Waals surface area contributed by atoms with Gasteiger partial charge in [-0.15, -0.1) is 0 Å². The highest BCUT2D eigenvalue weighted by Crippen LogP contribution is 2.31. The van der Waals surface area contributed by atoms with E-state index >= 15 is 0 Å². The molecule has 2 atom stereocenters. The second-order valence-electron chi connectivity index (χ2n) is 11.4. The van der Waals surface area contributed by atoms with Crippen molar-refractivity contribution in [3.8, 4) is 11.5 Å². The second kappa shape index (κ2) is 14.5. The quantitative estimate of drug-likeness (QED) is 0.338. The molecule has 0 aromatic heterocycles. The van der Waals surface area contributed by atoms with Gasteiger partial charge < -0.3 is 24.8 Å². The Labute approximate surface area is 237 Å². The molecule has 0 spiro atoms. The molecule has 0 aliphatic heterocycles. The van der Waals surface area contributed by atoms with Crippen LogP contribution in [0.2, 0.25) is 0 Å². The zero-order valence-corrected chi connectivity index (χ0v) is 24.8. The van der Waals surface area contributed by atoms with Gasteiger partial charge in [0.25, 0.3) is 5.91 Å². The number of benzene rings is 2. The molecular weight excluding hydrogens is 512 g/mol. The van der Waals surface area contributed by atoms with Crippen molar-refractivity contribution in [2.75, 3.05) is 26.5 Å². The number of carbonyl (C=O) groups excluding carboxylic acids is 2. The first kappa shape index (κ1) is 30.7. The lowest BCUT2D eigenvalue weighted by Crippen LogP contribution is -2.51. The number of amides is 2. The van der Waals surface area contributed by atoms with Crippen molar-refractivity contribution in [2.45, 2.75) is 76.2 Å². The molecule has 0 heterocycles. The van der Waals surface area contributed by atoms with E-state index in [4.69, 9.17) is 9.47 Å². The SMILES string of the molecule is COc1ccc(CC(SCC2CCCCC2)C(CN(C)C(=O)c2ccccc2O)NC(=O)OC(C)(C)C)cc1. The largest absolute Gasteiger partial charge is 0.507 e. The van der Waals surface area contributed by atoms with E-state index in [9.17, 15) is 14.7 Å². The number of likely N-dealkylation sites (N-methyl/N-ethyl adjacent to an activating group) is 1. The van der Waals surface area contributed by atoms with E-state index in [-0.39, 0.29) is 35.1 Å². The van der Waals surface area contributed by atoms with Gasteiger partial charge >= 0.3 is 6.09 Å². The van der Waals surface area contributed by atoms with E-state index < -0.39 is 11.7 Å². The van der Waals surface area contributed by atoms with Crippen LogP contribution < -0.4 is 10.1 Å². The van der Waals surface area contributed by atoms with Crippen molar-refractivity contribution in [2.24, 2.45) is 5.92 Å². The van der Waals surface area contributed by atoms with Crippen LogP contribution in [0.3, 0.4) is 0 Å². The number of rotatable bonds is 11. The molecule has 39 heavy (non-hydrogen) atoms. The zero-order chi connectivity index (χ0) is 28.4. The highest BCUT2D eigenvalue weighted by atomic mass is 32.2. The molecule has 8 heteroatoms. The molecular formula is C31H44N2O5S. The molecule has 1 fully saturated rings. The Hall–Kier alpha value is -2.87. The molecule has 2 N–H and O–H groups in total. The molecule has 3 rings (SSSR count). The average molecular weight is 557 g/mol. The third kappa shape index (κ3) is 9.99. The Bertz CT molecular complexity index is 1060. The van der Waals surface area contributed by atoms with Crippen LogP contribution in [0, 0.1) is 5.92 Å². The Morgan fingerprint density at radius 3 is 2.36 bits per heavy atom. The summed E-state index contributed by atoms with van der Waals surface area (Å²) in [4.78, 5) is 27.8. The summed E-state index contributed by atoms with van der Waals surface area (Å²) in [6, 6.07) is 14.1. The third-order valence-electron chi connectivity index (χ3n) is 6.97. The fraction of sp³-hybridized carbons (Fsp3) is 0.548. The van der Waals surface area contributed by atoms with Gasteiger partial charge in [-0.2, -0.15) is 11.8 Å². The Kier molecular flexibility index (Phi) is 11.4. The highest BCUT2D eigenvalue weighted by molar-refractivity contribution is 7.99. The minimum atomic E-state index is -0.646. The molecule has 2 amide bonds. The molecule has 0 bridgehead atoms. The van der Waals surface area contributed by atoms with E-state index in [1.54, 1.807) is 37.3 Å². The van der Waals surface area contributed by atoms with Crippen LogP contribution in [0.4, 0.5) is 4.79 Å². The van der Waals surface area contributed by atoms with E-state index in [0.717, 1.165) is 17.1 Å². The number of nitrogens with one attached hydrogen (secondary N) is 1. The van der Waals surface area contributed by atoms with Crippen molar-refractivity contribution in [3.63, 3.8) is 0 Å². The monoisotopic (exact) mass is 556 g/mol. The van der Waals surface area contributed by atoms with E-state index in [1.165, 1.54) is 38.2 Å². The fourth-order valence-corrected chi connectivity index (χ4v) is 6.43. The highest BCUT2D eigenvalue weighted by Gasteiger charge is 2.30. The van der Waals surface area contributed by atoms with Gasteiger partial charge in [0.15, 0.2) is 0 Å². The Morgan fingerprint density at radius 2 is 1.74 bits per heavy atom. The normalized spacial score (nSPS) is 15.7. The standard InChI is InChI=1S/C31H44N2O5S/c1-31(2,3)38-30(36)32-26(20-33(4)29(35)25-13-9-10-14-27(25)34)28(39-21-23-11-7-6-8-12-23)19-22-15-17-24(37-5)18-16-22/h9-10,13-18,23,26,28,34H,6-8,11-12,19-21H2,1-5H3,(H,32,36). The number of methoxy groups -OCH3 is 1. The summed E-state index contributed by atoms with van der Waals surface area (Å²) in [6.07, 6.45) is 6.51. The summed E-state index contributed by atoms with van der Waals surface area (Å²) in [6.45, 7) is 5.77. The van der Waals surface area contributed by atoms with Crippen LogP contribution in [0.25, 0.3) is 0 Å². The van der Waals surface area contributed by atoms with Crippen LogP contribution in [-0.4, -0.2) is 65.4 Å². The first-order valence-corrected chi connectivity index (χ1v) is 14.9. The van der Waals surface area contributed by atoms with Crippen molar-refractivity contribution < 1.29 is 24.2 Å². The number of alkyl carbamates (subject to hydrolysis) is 1. The summed E-state index contributed by atoms with van der Waals surface area (Å²) in [7, 11) is 3.35. The lowest BCUT2D eigenvalue weighted by molar-refractivity contribution is 0.0484. The number of para-hydroxylation sites is 1. The van der Waals surface area contributed by atoms with Gasteiger partial charge in [0.05, 0.1) is 18.7 Å². The zero-order valence-electron chi connectivity index (χ0n) is 23.9. The number of hydrogen-bond acceptors (Lipinski definition) is 6. The van der Waals surface area contributed by atoms with E-state index in [1.807, 2.05) is 44.7 Å². The lowest BCUT2D eigenvalue weighted by Gasteiger charge is -2.33. The molecule has 1 aliphatic carbocycles. The molecule has 1 aliphatic rings. The van der Waals surface area contributed by atoms with E-state index in [0.29, 0.717) is 12.3 Å². The van der Waals surface area contributed by atoms with Gasteiger partial charge in [-0.25, -0.2) is 4.79 Å². The molecule has 214 valence electrons. The van der Waals surface area contributed by atoms with Crippen molar-refractivity contribution in [1.82, 2.24) is 10.2 Å². The fourth-order valence-electron chi connectivity index (χ4n) is 4.88. The van der Waals surface area contributed by atoms with Crippen LogP contribution in [0.1, 0.15) is 68.8 Å². The summed E-state index contributed by atoms with van der Waals surface area (Å²) in [5, 5.41) is 13.3. The molecule has 2 aromatic rings. The molecule has 2 unspecified atom stereocenters. The van der Waals surface area contributed by atoms with Crippen molar-refractivity contribution >= 4 is 23.8 Å². The number of aromatic hydroxyl groups is 1. The predicted molar refractivity (Wildman–Crippen MR) is 158 cm³/mol. The minimum Gasteiger partial charge on any atom is -0.507 e. The maximum atomic E-state index is 13.3. The second-order valence-corrected chi connectivity index (χ2v) is 12.7. The number of thioether (sulfide) groups is 1. The van der Waals surface area contributed by atoms with Gasteiger partial charge in [-0.1, -0.05) is 43.5 Å².